The van der Waals surface area contributed by atoms with Gasteiger partial charge in [0, 0.05) is 26.7 Å². The number of nitrogens with zero attached hydrogens (tertiary/aromatic N) is 1. The largest absolute Gasteiger partial charge is 0.383 e. The Kier molecular flexibility index (Phi) is 9.58. The first-order chi connectivity index (χ1) is 14.3. The Morgan fingerprint density at radius 3 is 2.63 bits per heavy atom. The Morgan fingerprint density at radius 2 is 2.03 bits per heavy atom. The summed E-state index contributed by atoms with van der Waals surface area (Å²) in [6, 6.07) is 6.92. The van der Waals surface area contributed by atoms with Crippen molar-refractivity contribution in [1.29, 1.82) is 0 Å². The molecule has 1 aromatic carbocycles. The predicted molar refractivity (Wildman–Crippen MR) is 122 cm³/mol. The molecular weight excluding hydrogens is 400 g/mol. The van der Waals surface area contributed by atoms with Crippen LogP contribution in [-0.4, -0.2) is 47.7 Å². The highest BCUT2D eigenvalue weighted by Crippen LogP contribution is 2.45. The molecule has 0 atom stereocenters. The van der Waals surface area contributed by atoms with Crippen molar-refractivity contribution in [3.05, 3.63) is 29.8 Å². The van der Waals surface area contributed by atoms with E-state index in [-0.39, 0.29) is 11.4 Å². The first-order valence-corrected chi connectivity index (χ1v) is 12.4. The molecule has 0 radical (unpaired) electrons. The summed E-state index contributed by atoms with van der Waals surface area (Å²) in [5, 5.41) is 6.81. The van der Waals surface area contributed by atoms with Gasteiger partial charge in [-0.3, -0.25) is 0 Å². The summed E-state index contributed by atoms with van der Waals surface area (Å²) in [4.78, 5) is 4.93. The molecule has 1 aliphatic rings. The maximum absolute atomic E-state index is 12.4. The molecule has 30 heavy (non-hydrogen) atoms. The molecule has 8 heteroatoms. The van der Waals surface area contributed by atoms with Gasteiger partial charge in [0.2, 0.25) is 10.0 Å². The van der Waals surface area contributed by atoms with Crippen LogP contribution < -0.4 is 15.4 Å². The number of guanidine groups is 1. The molecule has 7 nitrogen and oxygen atoms in total. The molecule has 0 spiro atoms. The smallest absolute Gasteiger partial charge is 0.240 e. The topological polar surface area (TPSA) is 91.8 Å². The van der Waals surface area contributed by atoms with Crippen molar-refractivity contribution < 1.29 is 13.2 Å². The first-order valence-electron chi connectivity index (χ1n) is 10.9. The number of aliphatic imine (C=N–C) groups is 1. The van der Waals surface area contributed by atoms with E-state index in [4.69, 9.17) is 4.74 Å². The summed E-state index contributed by atoms with van der Waals surface area (Å²) >= 11 is 0. The standard InChI is InChI=1S/C22H38N4O3S/c1-5-23-21(25-17-22(10-7-11-22)15-18(2)3)24-16-19-8-6-9-20(14-19)30(27,28)26-12-13-29-4/h6,8-9,14,18,26H,5,7,10-13,15-17H2,1-4H3,(H2,23,24,25). The highest BCUT2D eigenvalue weighted by Gasteiger charge is 2.37. The lowest BCUT2D eigenvalue weighted by molar-refractivity contribution is 0.104. The zero-order valence-corrected chi connectivity index (χ0v) is 19.6. The molecule has 3 N–H and O–H groups in total. The highest BCUT2D eigenvalue weighted by molar-refractivity contribution is 7.89. The molecule has 2 rings (SSSR count). The summed E-state index contributed by atoms with van der Waals surface area (Å²) in [6.45, 7) is 9.30. The molecular formula is C22H38N4O3S. The second-order valence-electron chi connectivity index (χ2n) is 8.54. The van der Waals surface area contributed by atoms with Crippen LogP contribution in [0, 0.1) is 11.3 Å². The maximum atomic E-state index is 12.4. The lowest BCUT2D eigenvalue weighted by atomic mass is 9.64. The van der Waals surface area contributed by atoms with Crippen molar-refractivity contribution in [3.63, 3.8) is 0 Å². The average Bonchev–Trinajstić information content (AvgIpc) is 2.68. The lowest BCUT2D eigenvalue weighted by Gasteiger charge is -2.43. The Labute approximate surface area is 182 Å². The zero-order chi connectivity index (χ0) is 22.0. The van der Waals surface area contributed by atoms with Crippen molar-refractivity contribution >= 4 is 16.0 Å². The van der Waals surface area contributed by atoms with Gasteiger partial charge in [0.25, 0.3) is 0 Å². The number of hydrogen-bond donors (Lipinski definition) is 3. The molecule has 0 bridgehead atoms. The Hall–Kier alpha value is -1.64. The van der Waals surface area contributed by atoms with Crippen molar-refractivity contribution in [1.82, 2.24) is 15.4 Å². The van der Waals surface area contributed by atoms with Gasteiger partial charge in [0.05, 0.1) is 18.0 Å². The van der Waals surface area contributed by atoms with E-state index < -0.39 is 10.0 Å². The molecule has 0 aliphatic heterocycles. The molecule has 0 unspecified atom stereocenters. The molecule has 1 aromatic rings. The van der Waals surface area contributed by atoms with Gasteiger partial charge in [-0.15, -0.1) is 0 Å². The minimum atomic E-state index is -3.55. The molecule has 0 saturated heterocycles. The monoisotopic (exact) mass is 438 g/mol. The van der Waals surface area contributed by atoms with Gasteiger partial charge >= 0.3 is 0 Å². The summed E-state index contributed by atoms with van der Waals surface area (Å²) in [6.07, 6.45) is 5.08. The first kappa shape index (κ1) is 24.6. The average molecular weight is 439 g/mol. The molecule has 1 fully saturated rings. The predicted octanol–water partition coefficient (Wildman–Crippen LogP) is 2.88. The Morgan fingerprint density at radius 1 is 1.27 bits per heavy atom. The summed E-state index contributed by atoms with van der Waals surface area (Å²) in [7, 11) is -2.01. The molecule has 0 aromatic heterocycles. The van der Waals surface area contributed by atoms with Gasteiger partial charge in [0.15, 0.2) is 5.96 Å². The van der Waals surface area contributed by atoms with Gasteiger partial charge in [-0.25, -0.2) is 18.1 Å². The number of methoxy groups -OCH3 is 1. The summed E-state index contributed by atoms with van der Waals surface area (Å²) < 4.78 is 32.3. The second-order valence-corrected chi connectivity index (χ2v) is 10.3. The third kappa shape index (κ3) is 7.56. The zero-order valence-electron chi connectivity index (χ0n) is 18.8. The van der Waals surface area contributed by atoms with Crippen LogP contribution in [0.25, 0.3) is 0 Å². The normalized spacial score (nSPS) is 16.4. The van der Waals surface area contributed by atoms with E-state index in [2.05, 4.69) is 34.2 Å². The fraction of sp³-hybridized carbons (Fsp3) is 0.682. The van der Waals surface area contributed by atoms with Gasteiger partial charge < -0.3 is 15.4 Å². The summed E-state index contributed by atoms with van der Waals surface area (Å²) in [5.41, 5.74) is 1.23. The molecule has 0 heterocycles. The van der Waals surface area contributed by atoms with E-state index in [1.54, 1.807) is 25.3 Å². The SMILES string of the molecule is CCNC(=NCc1cccc(S(=O)(=O)NCCOC)c1)NCC1(CC(C)C)CCC1. The number of nitrogens with one attached hydrogen (secondary N) is 3. The van der Waals surface area contributed by atoms with Crippen LogP contribution in [0.1, 0.15) is 52.0 Å². The van der Waals surface area contributed by atoms with E-state index in [9.17, 15) is 8.42 Å². The number of ether oxygens (including phenoxy) is 1. The van der Waals surface area contributed by atoms with Crippen LogP contribution in [0.2, 0.25) is 0 Å². The molecule has 0 amide bonds. The highest BCUT2D eigenvalue weighted by atomic mass is 32.2. The Balaban J connectivity index is 2.02. The van der Waals surface area contributed by atoms with Crippen molar-refractivity contribution in [2.24, 2.45) is 16.3 Å². The number of sulfonamides is 1. The van der Waals surface area contributed by atoms with Crippen LogP contribution in [-0.2, 0) is 21.3 Å². The van der Waals surface area contributed by atoms with Crippen LogP contribution >= 0.6 is 0 Å². The van der Waals surface area contributed by atoms with Crippen LogP contribution in [0.5, 0.6) is 0 Å². The number of hydrogen-bond acceptors (Lipinski definition) is 4. The van der Waals surface area contributed by atoms with Crippen LogP contribution in [0.15, 0.2) is 34.2 Å². The van der Waals surface area contributed by atoms with Crippen LogP contribution in [0.4, 0.5) is 0 Å². The lowest BCUT2D eigenvalue weighted by Crippen LogP contribution is -2.47. The van der Waals surface area contributed by atoms with E-state index in [0.717, 1.165) is 24.6 Å². The van der Waals surface area contributed by atoms with E-state index in [1.807, 2.05) is 13.0 Å². The van der Waals surface area contributed by atoms with Crippen molar-refractivity contribution in [2.75, 3.05) is 33.4 Å². The third-order valence-corrected chi connectivity index (χ3v) is 6.92. The van der Waals surface area contributed by atoms with Gasteiger partial charge in [-0.1, -0.05) is 32.4 Å². The van der Waals surface area contributed by atoms with Gasteiger partial charge in [-0.05, 0) is 55.2 Å². The fourth-order valence-corrected chi connectivity index (χ4v) is 5.03. The quantitative estimate of drug-likeness (QED) is 0.265. The molecule has 1 aliphatic carbocycles. The van der Waals surface area contributed by atoms with E-state index in [1.165, 1.54) is 25.7 Å². The van der Waals surface area contributed by atoms with Crippen molar-refractivity contribution in [2.45, 2.75) is 57.9 Å². The van der Waals surface area contributed by atoms with Crippen molar-refractivity contribution in [3.8, 4) is 0 Å². The maximum Gasteiger partial charge on any atom is 0.240 e. The molecule has 1 saturated carbocycles. The van der Waals surface area contributed by atoms with Gasteiger partial charge in [-0.2, -0.15) is 0 Å². The number of benzene rings is 1. The third-order valence-electron chi connectivity index (χ3n) is 5.46. The number of rotatable bonds is 12. The summed E-state index contributed by atoms with van der Waals surface area (Å²) in [5.74, 6) is 1.47. The van der Waals surface area contributed by atoms with Gasteiger partial charge in [0.1, 0.15) is 0 Å². The minimum absolute atomic E-state index is 0.244. The fourth-order valence-electron chi connectivity index (χ4n) is 3.95. The Bertz CT molecular complexity index is 789. The van der Waals surface area contributed by atoms with E-state index in [0.29, 0.717) is 24.5 Å². The molecule has 170 valence electrons. The second kappa shape index (κ2) is 11.7. The van der Waals surface area contributed by atoms with Crippen LogP contribution in [0.3, 0.4) is 0 Å². The minimum Gasteiger partial charge on any atom is -0.383 e. The van der Waals surface area contributed by atoms with E-state index >= 15 is 0 Å².